The minimum atomic E-state index is -1.07. The predicted molar refractivity (Wildman–Crippen MR) is 251 cm³/mol. The van der Waals surface area contributed by atoms with Crippen molar-refractivity contribution in [2.45, 2.75) is 63.4 Å². The van der Waals surface area contributed by atoms with Gasteiger partial charge in [-0.05, 0) is 146 Å². The van der Waals surface area contributed by atoms with Crippen LogP contribution in [0.4, 0.5) is 17.1 Å². The lowest BCUT2D eigenvalue weighted by Gasteiger charge is -2.48. The molecule has 3 aromatic rings. The highest BCUT2D eigenvalue weighted by Gasteiger charge is 2.55. The van der Waals surface area contributed by atoms with Crippen molar-refractivity contribution in [3.05, 3.63) is 130 Å². The second-order valence-electron chi connectivity index (χ2n) is 17.8. The van der Waals surface area contributed by atoms with E-state index in [4.69, 9.17) is 21.9 Å². The number of thiocarbonyl (C=S) groups is 1. The highest BCUT2D eigenvalue weighted by molar-refractivity contribution is 7.80. The smallest absolute Gasteiger partial charge is 0.336 e. The Morgan fingerprint density at radius 3 is 2.16 bits per heavy atom. The maximum atomic E-state index is 13.1. The minimum absolute atomic E-state index is 0.0852. The summed E-state index contributed by atoms with van der Waals surface area (Å²) >= 11 is 5.89. The molecule has 2 saturated carbocycles. The summed E-state index contributed by atoms with van der Waals surface area (Å²) in [5.74, 6) is 7.63. The van der Waals surface area contributed by atoms with Gasteiger partial charge in [-0.15, -0.1) is 5.92 Å². The van der Waals surface area contributed by atoms with Crippen LogP contribution in [0.25, 0.3) is 5.57 Å². The molecule has 0 saturated heterocycles. The number of benzene rings is 3. The Hall–Kier alpha value is -6.02. The van der Waals surface area contributed by atoms with Gasteiger partial charge in [-0.3, -0.25) is 4.79 Å². The van der Waals surface area contributed by atoms with Crippen LogP contribution >= 0.6 is 12.2 Å². The standard InChI is InChI=1S/C52H52N4O5S/c1-7-23-52(60)24-22-38-39-17-10-31-25-36(57)16-21-37(31)48(39)43(29-45(38)52)30-8-12-33(13-9-30)56(6)51(62)53-32-11-18-40(44(26-32)50(58)59)49-41-19-14-34(54(2)3)27-46(41)61-47-28-35(55(4)5)15-20-42(47)49/h8-9,11-15,18-20,25-28,38-39,43,45,60H,10,16-17,21-22,24,29H2,1-6H3,(H,58,59). The van der Waals surface area contributed by atoms with E-state index in [0.717, 1.165) is 65.9 Å². The fourth-order valence-corrected chi connectivity index (χ4v) is 11.1. The fraction of sp³-hybridized carbons (Fsp3) is 0.346. The first-order valence-electron chi connectivity index (χ1n) is 21.5. The van der Waals surface area contributed by atoms with Crippen LogP contribution in [-0.4, -0.2) is 73.6 Å². The van der Waals surface area contributed by atoms with E-state index in [1.807, 2.05) is 111 Å². The monoisotopic (exact) mass is 844 g/mol. The molecule has 316 valence electrons. The van der Waals surface area contributed by atoms with Gasteiger partial charge in [0.2, 0.25) is 0 Å². The van der Waals surface area contributed by atoms with E-state index >= 15 is 0 Å². The zero-order valence-corrected chi connectivity index (χ0v) is 37.0. The van der Waals surface area contributed by atoms with E-state index in [2.05, 4.69) is 36.1 Å². The van der Waals surface area contributed by atoms with Crippen molar-refractivity contribution in [1.29, 1.82) is 0 Å². The number of rotatable bonds is 5. The third-order valence-electron chi connectivity index (χ3n) is 13.9. The Bertz CT molecular complexity index is 2630. The average molecular weight is 845 g/mol. The first kappa shape index (κ1) is 41.3. The van der Waals surface area contributed by atoms with E-state index in [1.54, 1.807) is 6.08 Å². The number of aliphatic imine (C=N–C) groups is 1. The summed E-state index contributed by atoms with van der Waals surface area (Å²) in [6.45, 7) is 1.81. The van der Waals surface area contributed by atoms with E-state index in [1.165, 1.54) is 22.3 Å². The van der Waals surface area contributed by atoms with Crippen molar-refractivity contribution in [2.24, 2.45) is 22.7 Å². The van der Waals surface area contributed by atoms with Crippen molar-refractivity contribution < 1.29 is 24.5 Å². The Balaban J connectivity index is 1.02. The Morgan fingerprint density at radius 2 is 1.53 bits per heavy atom. The second-order valence-corrected chi connectivity index (χ2v) is 18.2. The first-order valence-corrected chi connectivity index (χ1v) is 21.9. The zero-order chi connectivity index (χ0) is 43.6. The summed E-state index contributed by atoms with van der Waals surface area (Å²) in [4.78, 5) is 36.2. The van der Waals surface area contributed by atoms with Crippen LogP contribution in [-0.2, 0) is 9.59 Å². The number of nitrogens with zero attached hydrogens (tertiary/aromatic N) is 4. The molecule has 62 heavy (non-hydrogen) atoms. The van der Waals surface area contributed by atoms with Crippen molar-refractivity contribution >= 4 is 57.4 Å². The number of carboxylic acid groups (broad SMARTS) is 1. The maximum absolute atomic E-state index is 13.1. The van der Waals surface area contributed by atoms with Crippen molar-refractivity contribution in [3.8, 4) is 23.3 Å². The third-order valence-corrected chi connectivity index (χ3v) is 14.3. The van der Waals surface area contributed by atoms with Gasteiger partial charge in [0.15, 0.2) is 10.9 Å². The van der Waals surface area contributed by atoms with Gasteiger partial charge >= 0.3 is 5.97 Å². The summed E-state index contributed by atoms with van der Waals surface area (Å²) in [5.41, 5.74) is 10.5. The van der Waals surface area contributed by atoms with Crippen LogP contribution in [0.3, 0.4) is 0 Å². The van der Waals surface area contributed by atoms with Crippen LogP contribution in [0.15, 0.2) is 118 Å². The molecule has 2 N–H and O–H groups in total. The van der Waals surface area contributed by atoms with Gasteiger partial charge in [-0.1, -0.05) is 29.7 Å². The lowest BCUT2D eigenvalue weighted by molar-refractivity contribution is -0.132. The predicted octanol–water partition coefficient (Wildman–Crippen LogP) is 9.43. The van der Waals surface area contributed by atoms with Crippen LogP contribution < -0.4 is 19.4 Å². The molecule has 0 amide bonds. The summed E-state index contributed by atoms with van der Waals surface area (Å²) in [6.07, 6.45) is 12.8. The number of ketones is 1. The molecule has 0 radical (unpaired) electrons. The molecule has 1 aliphatic heterocycles. The number of allylic oxidation sites excluding steroid dienone is 7. The molecule has 9 nitrogen and oxygen atoms in total. The Morgan fingerprint density at radius 1 is 0.871 bits per heavy atom. The van der Waals surface area contributed by atoms with Gasteiger partial charge in [-0.25, -0.2) is 9.79 Å². The topological polar surface area (TPSA) is 106 Å². The highest BCUT2D eigenvalue weighted by Crippen LogP contribution is 2.61. The zero-order valence-electron chi connectivity index (χ0n) is 36.2. The maximum Gasteiger partial charge on any atom is 0.336 e. The van der Waals surface area contributed by atoms with Gasteiger partial charge in [0.1, 0.15) is 17.1 Å². The SMILES string of the molecule is CC#CC1(O)CCC2C3CCC4=CC(=O)CCC4=C3C(c3ccc(N(C)C(=S)N=C4C=CC(=C5c6ccc(N(C)C)cc6Oc6cc(N(C)C)ccc65)C(C(=O)O)=C4)cc3)CC21. The number of hydrogen-bond acceptors (Lipinski definition) is 7. The Kier molecular flexibility index (Phi) is 10.7. The van der Waals surface area contributed by atoms with Gasteiger partial charge in [0, 0.05) is 99.4 Å². The largest absolute Gasteiger partial charge is 0.478 e. The van der Waals surface area contributed by atoms with Crippen LogP contribution in [0.1, 0.15) is 74.5 Å². The molecule has 2 fully saturated rings. The van der Waals surface area contributed by atoms with Gasteiger partial charge in [0.25, 0.3) is 0 Å². The molecule has 5 atom stereocenters. The molecule has 9 rings (SSSR count). The van der Waals surface area contributed by atoms with E-state index in [-0.39, 0.29) is 28.3 Å². The summed E-state index contributed by atoms with van der Waals surface area (Å²) in [6, 6.07) is 20.4. The molecule has 10 heteroatoms. The summed E-state index contributed by atoms with van der Waals surface area (Å²) < 4.78 is 6.49. The number of fused-ring (bicyclic) bond motifs is 6. The summed E-state index contributed by atoms with van der Waals surface area (Å²) in [7, 11) is 9.75. The minimum Gasteiger partial charge on any atom is -0.478 e. The number of carbonyl (C=O) groups is 2. The molecule has 6 aliphatic rings. The third kappa shape index (κ3) is 7.21. The number of aliphatic hydroxyl groups is 1. The molecule has 5 unspecified atom stereocenters. The molecule has 5 aliphatic carbocycles. The number of ether oxygens (including phenoxy) is 1. The number of anilines is 3. The molecule has 0 aromatic heterocycles. The first-order chi connectivity index (χ1) is 29.7. The van der Waals surface area contributed by atoms with Crippen LogP contribution in [0.2, 0.25) is 0 Å². The fourth-order valence-electron chi connectivity index (χ4n) is 10.9. The van der Waals surface area contributed by atoms with E-state index < -0.39 is 11.6 Å². The lowest BCUT2D eigenvalue weighted by Crippen LogP contribution is -2.42. The van der Waals surface area contributed by atoms with Gasteiger partial charge in [0.05, 0.1) is 11.3 Å². The summed E-state index contributed by atoms with van der Waals surface area (Å²) in [5, 5.41) is 22.8. The van der Waals surface area contributed by atoms with E-state index in [0.29, 0.717) is 47.5 Å². The average Bonchev–Trinajstić information content (AvgIpc) is 3.59. The van der Waals surface area contributed by atoms with Crippen molar-refractivity contribution in [1.82, 2.24) is 0 Å². The van der Waals surface area contributed by atoms with E-state index in [9.17, 15) is 19.8 Å². The number of hydrogen-bond donors (Lipinski definition) is 2. The van der Waals surface area contributed by atoms with Crippen LogP contribution in [0.5, 0.6) is 11.5 Å². The van der Waals surface area contributed by atoms with Crippen molar-refractivity contribution in [2.75, 3.05) is 49.9 Å². The molecular weight excluding hydrogens is 793 g/mol. The molecule has 0 bridgehead atoms. The normalized spacial score (nSPS) is 25.2. The molecule has 0 spiro atoms. The van der Waals surface area contributed by atoms with Crippen molar-refractivity contribution in [3.63, 3.8) is 0 Å². The Labute approximate surface area is 369 Å². The van der Waals surface area contributed by atoms with Gasteiger partial charge in [-0.2, -0.15) is 0 Å². The van der Waals surface area contributed by atoms with Gasteiger partial charge < -0.3 is 29.6 Å². The molecular formula is C52H52N4O5S. The molecule has 1 heterocycles. The molecule has 3 aromatic carbocycles. The number of carbonyl (C=O) groups excluding carboxylic acids is 1. The number of carboxylic acids is 1. The number of aliphatic carboxylic acids is 1. The quantitative estimate of drug-likeness (QED) is 0.150. The lowest BCUT2D eigenvalue weighted by atomic mass is 9.57. The second kappa shape index (κ2) is 16.0. The van der Waals surface area contributed by atoms with Crippen LogP contribution in [0, 0.1) is 29.6 Å². The highest BCUT2D eigenvalue weighted by atomic mass is 32.1.